The van der Waals surface area contributed by atoms with Crippen LogP contribution in [0, 0.1) is 0 Å². The van der Waals surface area contributed by atoms with Gasteiger partial charge in [0.05, 0.1) is 48.3 Å². The summed E-state index contributed by atoms with van der Waals surface area (Å²) in [6.45, 7) is 1.78. The maximum absolute atomic E-state index is 13.2. The van der Waals surface area contributed by atoms with Crippen molar-refractivity contribution in [3.8, 4) is 0 Å². The topological polar surface area (TPSA) is 257 Å². The lowest BCUT2D eigenvalue weighted by atomic mass is 10.0. The van der Waals surface area contributed by atoms with Gasteiger partial charge >= 0.3 is 5.97 Å². The van der Waals surface area contributed by atoms with Gasteiger partial charge in [-0.3, -0.25) is 48.0 Å². The van der Waals surface area contributed by atoms with Crippen LogP contribution in [0.4, 0.5) is 0 Å². The van der Waals surface area contributed by atoms with Crippen LogP contribution in [0.1, 0.15) is 76.7 Å². The predicted molar refractivity (Wildman–Crippen MR) is 186 cm³/mol. The lowest BCUT2D eigenvalue weighted by molar-refractivity contribution is -0.140. The smallest absolute Gasteiger partial charge is 0.305 e. The van der Waals surface area contributed by atoms with Crippen molar-refractivity contribution in [2.75, 3.05) is 6.54 Å². The van der Waals surface area contributed by atoms with E-state index < -0.39 is 60.6 Å². The quantitative estimate of drug-likeness (QED) is 0.0209. The normalized spacial score (nSPS) is 13.2. The lowest BCUT2D eigenvalue weighted by Crippen LogP contribution is -2.52. The molecule has 0 saturated heterocycles. The summed E-state index contributed by atoms with van der Waals surface area (Å²) >= 11 is 1.49. The van der Waals surface area contributed by atoms with Crippen molar-refractivity contribution >= 4 is 75.1 Å². The summed E-state index contributed by atoms with van der Waals surface area (Å²) in [5.74, 6) is -5.40. The van der Waals surface area contributed by atoms with E-state index >= 15 is 0 Å². The van der Waals surface area contributed by atoms with Crippen LogP contribution >= 0.6 is 22.9 Å². The van der Waals surface area contributed by atoms with Gasteiger partial charge < -0.3 is 31.8 Å². The number of hydrogen-bond acceptors (Lipinski definition) is 8. The molecule has 2 rings (SSSR count). The molecule has 264 valence electrons. The number of aliphatic imine (C=N–C) groups is 1. The number of para-hydroxylation sites is 1. The number of fused-ring (bicyclic) bond motifs is 1. The van der Waals surface area contributed by atoms with Gasteiger partial charge in [-0.25, -0.2) is 0 Å². The molecule has 0 bridgehead atoms. The number of halogens is 1. The molecule has 0 fully saturated rings. The fourth-order valence-electron chi connectivity index (χ4n) is 4.96. The van der Waals surface area contributed by atoms with Crippen molar-refractivity contribution < 1.29 is 39.1 Å². The van der Waals surface area contributed by atoms with Crippen LogP contribution in [0.2, 0.25) is 0 Å². The van der Waals surface area contributed by atoms with Gasteiger partial charge in [0.1, 0.15) is 17.9 Å². The number of rotatable bonds is 22. The molecule has 48 heavy (non-hydrogen) atoms. The van der Waals surface area contributed by atoms with E-state index in [1.54, 1.807) is 6.20 Å². The van der Waals surface area contributed by atoms with Crippen LogP contribution < -0.4 is 30.7 Å². The average molecular weight is 785 g/mol. The minimum absolute atomic E-state index is 0.0396. The van der Waals surface area contributed by atoms with E-state index in [9.17, 15) is 39.1 Å². The number of benzene rings is 1. The summed E-state index contributed by atoms with van der Waals surface area (Å²) in [4.78, 5) is 81.3. The number of aliphatic carboxylic acids is 1. The fraction of sp³-hybridized carbons (Fsp3) is 0.516. The zero-order valence-electron chi connectivity index (χ0n) is 26.9. The minimum atomic E-state index is -1.63. The van der Waals surface area contributed by atoms with Crippen molar-refractivity contribution in [2.24, 2.45) is 10.7 Å². The third-order valence-electron chi connectivity index (χ3n) is 7.43. The van der Waals surface area contributed by atoms with Crippen molar-refractivity contribution in [2.45, 2.75) is 95.7 Å². The number of aromatic nitrogens is 1. The van der Waals surface area contributed by atoms with Crippen molar-refractivity contribution in [1.82, 2.24) is 29.9 Å². The van der Waals surface area contributed by atoms with Crippen LogP contribution in [0.5, 0.6) is 0 Å². The zero-order chi connectivity index (χ0) is 35.5. The average Bonchev–Trinajstić information content (AvgIpc) is 3.46. The Kier molecular flexibility index (Phi) is 17.9. The summed E-state index contributed by atoms with van der Waals surface area (Å²) in [6, 6.07) is 3.10. The Morgan fingerprint density at radius 3 is 2.25 bits per heavy atom. The number of hydroxylamine groups is 1. The minimum Gasteiger partial charge on any atom is -0.481 e. The van der Waals surface area contributed by atoms with Crippen LogP contribution in [-0.4, -0.2) is 81.3 Å². The van der Waals surface area contributed by atoms with Gasteiger partial charge in [0.15, 0.2) is 0 Å². The Balaban J connectivity index is 2.26. The molecule has 17 heteroatoms. The summed E-state index contributed by atoms with van der Waals surface area (Å²) in [6.07, 6.45) is 7.88. The first-order valence-electron chi connectivity index (χ1n) is 15.8. The highest BCUT2D eigenvalue weighted by Crippen LogP contribution is 2.20. The van der Waals surface area contributed by atoms with Gasteiger partial charge in [0.2, 0.25) is 23.6 Å². The lowest BCUT2D eigenvalue weighted by Gasteiger charge is -2.23. The molecule has 0 aliphatic carbocycles. The van der Waals surface area contributed by atoms with Gasteiger partial charge in [-0.2, -0.15) is 0 Å². The molecule has 0 aliphatic heterocycles. The number of aromatic amines is 1. The van der Waals surface area contributed by atoms with Crippen LogP contribution in [0.15, 0.2) is 35.5 Å². The number of H-pyrrole nitrogens is 1. The first-order valence-corrected chi connectivity index (χ1v) is 16.9. The highest BCUT2D eigenvalue weighted by molar-refractivity contribution is 14.1. The molecule has 0 aliphatic rings. The Hall–Kier alpha value is -4.26. The van der Waals surface area contributed by atoms with Gasteiger partial charge in [0.25, 0.3) is 5.91 Å². The van der Waals surface area contributed by atoms with Crippen molar-refractivity contribution in [3.05, 3.63) is 36.0 Å². The Morgan fingerprint density at radius 2 is 1.60 bits per heavy atom. The first kappa shape index (κ1) is 39.9. The molecule has 3 unspecified atom stereocenters. The van der Waals surface area contributed by atoms with E-state index in [0.717, 1.165) is 36.6 Å². The van der Waals surface area contributed by atoms with Crippen LogP contribution in [0.3, 0.4) is 0 Å². The number of carbonyl (C=O) groups excluding carboxylic acids is 5. The number of hydrogen-bond donors (Lipinski definition) is 9. The number of primary amides is 1. The largest absolute Gasteiger partial charge is 0.481 e. The monoisotopic (exact) mass is 784 g/mol. The fourth-order valence-corrected chi connectivity index (χ4v) is 5.34. The molecule has 1 aromatic heterocycles. The van der Waals surface area contributed by atoms with E-state index in [-0.39, 0.29) is 31.1 Å². The highest BCUT2D eigenvalue weighted by atomic mass is 127. The molecular formula is C31H45IN8O8. The van der Waals surface area contributed by atoms with Crippen molar-refractivity contribution in [3.63, 3.8) is 0 Å². The molecule has 0 saturated carbocycles. The van der Waals surface area contributed by atoms with E-state index in [4.69, 9.17) is 5.73 Å². The number of carbonyl (C=O) groups is 6. The number of nitrogens with zero attached hydrogens (tertiary/aromatic N) is 1. The van der Waals surface area contributed by atoms with E-state index in [1.165, 1.54) is 35.7 Å². The van der Waals surface area contributed by atoms with E-state index in [1.807, 2.05) is 29.7 Å². The Morgan fingerprint density at radius 1 is 0.917 bits per heavy atom. The standard InChI is InChI=1S/C31H45IN8O8/c1-2-3-4-5-6-7-8-13-26(42)35-18-27(43)36-22(14-19-17-34-21-12-10-9-11-20(19)21)29(40-48)37-23(15-25(33)41)30(46)38-24(16-28(44)45)31(47)39-32/h9-12,17,22-24,34,48H,2-8,13-16,18H2,1H3,(H2,33,41)(H,35,42)(H,36,43)(H,37,40)(H,38,46)(H,39,47)(H,44,45). The molecular weight excluding hydrogens is 739 g/mol. The maximum Gasteiger partial charge on any atom is 0.305 e. The van der Waals surface area contributed by atoms with Gasteiger partial charge in [-0.1, -0.05) is 63.6 Å². The van der Waals surface area contributed by atoms with Gasteiger partial charge in [-0.15, -0.1) is 0 Å². The second-order valence-corrected chi connectivity index (χ2v) is 11.8. The molecule has 1 heterocycles. The van der Waals surface area contributed by atoms with Crippen LogP contribution in [-0.2, 0) is 35.2 Å². The number of nitrogens with one attached hydrogen (secondary N) is 6. The number of carboxylic acid groups (broad SMARTS) is 1. The number of amidine groups is 1. The second-order valence-electron chi connectivity index (χ2n) is 11.3. The van der Waals surface area contributed by atoms with Gasteiger partial charge in [0, 0.05) is 29.9 Å². The number of nitrogens with two attached hydrogens (primary N) is 1. The van der Waals surface area contributed by atoms with Crippen LogP contribution in [0.25, 0.3) is 10.9 Å². The molecule has 0 radical (unpaired) electrons. The van der Waals surface area contributed by atoms with E-state index in [0.29, 0.717) is 12.0 Å². The molecule has 10 N–H and O–H groups in total. The molecule has 3 atom stereocenters. The third-order valence-corrected chi connectivity index (χ3v) is 7.96. The Labute approximate surface area is 292 Å². The Bertz CT molecular complexity index is 1430. The first-order chi connectivity index (χ1) is 23.0. The molecule has 1 aromatic carbocycles. The number of carboxylic acids is 1. The predicted octanol–water partition coefficient (Wildman–Crippen LogP) is 1.50. The van der Waals surface area contributed by atoms with Crippen molar-refractivity contribution in [1.29, 1.82) is 0 Å². The van der Waals surface area contributed by atoms with E-state index in [2.05, 4.69) is 36.4 Å². The molecule has 16 nitrogen and oxygen atoms in total. The summed E-state index contributed by atoms with van der Waals surface area (Å²) in [7, 11) is 0. The molecule has 5 amide bonds. The second kappa shape index (κ2) is 21.6. The highest BCUT2D eigenvalue weighted by Gasteiger charge is 2.30. The third kappa shape index (κ3) is 14.2. The number of unbranched alkanes of at least 4 members (excludes halogenated alkanes) is 6. The zero-order valence-corrected chi connectivity index (χ0v) is 29.0. The maximum atomic E-state index is 13.2. The number of amides is 5. The van der Waals surface area contributed by atoms with Gasteiger partial charge in [-0.05, 0) is 18.1 Å². The summed E-state index contributed by atoms with van der Waals surface area (Å²) in [5.41, 5.74) is 8.75. The molecule has 0 spiro atoms. The SMILES string of the molecule is CCCCCCCCCC(=O)NCC(=O)NC(Cc1c[nH]c2ccccc12)C(=NC(CC(N)=O)C(=O)NC(CC(=O)O)C(=O)NI)NO. The summed E-state index contributed by atoms with van der Waals surface area (Å²) < 4.78 is 2.22. The molecule has 2 aromatic rings. The summed E-state index contributed by atoms with van der Waals surface area (Å²) in [5, 5.41) is 27.7.